The summed E-state index contributed by atoms with van der Waals surface area (Å²) in [4.78, 5) is 15.9. The molecule has 9 heteroatoms. The minimum atomic E-state index is -0.564. The number of rotatable bonds is 7. The van der Waals surface area contributed by atoms with Crippen LogP contribution in [0.5, 0.6) is 0 Å². The number of esters is 1. The fraction of sp³-hybridized carbons (Fsp3) is 0.583. The highest BCUT2D eigenvalue weighted by atomic mass is 16.5. The first-order chi connectivity index (χ1) is 10.2. The molecule has 2 heterocycles. The molecule has 0 aliphatic carbocycles. The lowest BCUT2D eigenvalue weighted by Crippen LogP contribution is -2.11. The van der Waals surface area contributed by atoms with E-state index in [-0.39, 0.29) is 18.8 Å². The van der Waals surface area contributed by atoms with Gasteiger partial charge in [0.25, 0.3) is 0 Å². The highest BCUT2D eigenvalue weighted by Gasteiger charge is 2.21. The average Bonchev–Trinajstić information content (AvgIpc) is 3.08. The Kier molecular flexibility index (Phi) is 4.99. The zero-order chi connectivity index (χ0) is 15.2. The molecule has 0 radical (unpaired) electrons. The molecule has 0 amide bonds. The Bertz CT molecular complexity index is 607. The van der Waals surface area contributed by atoms with Crippen LogP contribution in [0.15, 0.2) is 4.52 Å². The molecule has 0 spiro atoms. The van der Waals surface area contributed by atoms with Gasteiger partial charge < -0.3 is 14.0 Å². The first kappa shape index (κ1) is 15.1. The first-order valence-corrected chi connectivity index (χ1v) is 6.50. The first-order valence-electron chi connectivity index (χ1n) is 6.50. The monoisotopic (exact) mass is 295 g/mol. The highest BCUT2D eigenvalue weighted by molar-refractivity contribution is 5.88. The van der Waals surface area contributed by atoms with Gasteiger partial charge in [0.05, 0.1) is 19.4 Å². The molecule has 21 heavy (non-hydrogen) atoms. The van der Waals surface area contributed by atoms with Gasteiger partial charge in [0.2, 0.25) is 5.89 Å². The van der Waals surface area contributed by atoms with Crippen LogP contribution in [0.2, 0.25) is 0 Å². The van der Waals surface area contributed by atoms with Gasteiger partial charge in [-0.15, -0.1) is 5.10 Å². The van der Waals surface area contributed by atoms with E-state index in [9.17, 15) is 4.79 Å². The molecule has 0 N–H and O–H groups in total. The van der Waals surface area contributed by atoms with E-state index in [0.717, 1.165) is 12.8 Å². The largest absolute Gasteiger partial charge is 0.464 e. The minimum Gasteiger partial charge on any atom is -0.464 e. The van der Waals surface area contributed by atoms with Gasteiger partial charge in [-0.05, 0) is 6.42 Å². The maximum absolute atomic E-state index is 11.6. The van der Waals surface area contributed by atoms with Gasteiger partial charge in [0.1, 0.15) is 6.54 Å². The molecular formula is C12H17N5O4. The van der Waals surface area contributed by atoms with Crippen LogP contribution in [-0.4, -0.2) is 45.3 Å². The van der Waals surface area contributed by atoms with Gasteiger partial charge in [-0.25, -0.2) is 9.48 Å². The van der Waals surface area contributed by atoms with Crippen molar-refractivity contribution in [3.63, 3.8) is 0 Å². The second-order valence-electron chi connectivity index (χ2n) is 4.32. The third-order valence-electron chi connectivity index (χ3n) is 2.77. The SMILES string of the molecule is CCCc1noc(Cn2nnc(C(=O)OC)c2COC)n1. The van der Waals surface area contributed by atoms with Crippen molar-refractivity contribution in [2.45, 2.75) is 32.9 Å². The maximum atomic E-state index is 11.6. The number of carbonyl (C=O) groups excluding carboxylic acids is 1. The summed E-state index contributed by atoms with van der Waals surface area (Å²) in [5.74, 6) is 0.483. The third-order valence-corrected chi connectivity index (χ3v) is 2.77. The van der Waals surface area contributed by atoms with E-state index in [2.05, 4.69) is 25.2 Å². The Morgan fingerprint density at radius 1 is 1.38 bits per heavy atom. The number of nitrogens with zero attached hydrogens (tertiary/aromatic N) is 5. The molecule has 114 valence electrons. The summed E-state index contributed by atoms with van der Waals surface area (Å²) in [6.45, 7) is 2.43. The third kappa shape index (κ3) is 3.43. The maximum Gasteiger partial charge on any atom is 0.360 e. The molecule has 0 saturated carbocycles. The van der Waals surface area contributed by atoms with Crippen LogP contribution in [0.3, 0.4) is 0 Å². The quantitative estimate of drug-likeness (QED) is 0.683. The number of carbonyl (C=O) groups is 1. The van der Waals surface area contributed by atoms with Crippen molar-refractivity contribution in [2.24, 2.45) is 0 Å². The Hall–Kier alpha value is -2.29. The van der Waals surface area contributed by atoms with Gasteiger partial charge in [-0.2, -0.15) is 4.98 Å². The summed E-state index contributed by atoms with van der Waals surface area (Å²) >= 11 is 0. The fourth-order valence-corrected chi connectivity index (χ4v) is 1.80. The lowest BCUT2D eigenvalue weighted by Gasteiger charge is -2.04. The van der Waals surface area contributed by atoms with Gasteiger partial charge in [0, 0.05) is 13.5 Å². The molecule has 2 aromatic heterocycles. The molecule has 0 unspecified atom stereocenters. The summed E-state index contributed by atoms with van der Waals surface area (Å²) in [6, 6.07) is 0. The summed E-state index contributed by atoms with van der Waals surface area (Å²) in [7, 11) is 2.80. The number of hydrogen-bond donors (Lipinski definition) is 0. The zero-order valence-electron chi connectivity index (χ0n) is 12.2. The average molecular weight is 295 g/mol. The van der Waals surface area contributed by atoms with Crippen LogP contribution in [0.25, 0.3) is 0 Å². The summed E-state index contributed by atoms with van der Waals surface area (Å²) in [5, 5.41) is 11.6. The topological polar surface area (TPSA) is 105 Å². The van der Waals surface area contributed by atoms with Crippen molar-refractivity contribution in [2.75, 3.05) is 14.2 Å². The van der Waals surface area contributed by atoms with E-state index in [1.807, 2.05) is 6.92 Å². The second-order valence-corrected chi connectivity index (χ2v) is 4.32. The van der Waals surface area contributed by atoms with E-state index in [1.54, 1.807) is 0 Å². The van der Waals surface area contributed by atoms with Crippen molar-refractivity contribution in [3.05, 3.63) is 23.1 Å². The Morgan fingerprint density at radius 2 is 2.19 bits per heavy atom. The van der Waals surface area contributed by atoms with Gasteiger partial charge >= 0.3 is 5.97 Å². The van der Waals surface area contributed by atoms with Gasteiger partial charge in [-0.3, -0.25) is 0 Å². The van der Waals surface area contributed by atoms with Crippen molar-refractivity contribution in [3.8, 4) is 0 Å². The summed E-state index contributed by atoms with van der Waals surface area (Å²) in [6.07, 6.45) is 1.68. The normalized spacial score (nSPS) is 10.8. The smallest absolute Gasteiger partial charge is 0.360 e. The Morgan fingerprint density at radius 3 is 2.86 bits per heavy atom. The predicted molar refractivity (Wildman–Crippen MR) is 69.5 cm³/mol. The van der Waals surface area contributed by atoms with Gasteiger partial charge in [0.15, 0.2) is 11.5 Å². The van der Waals surface area contributed by atoms with Crippen LogP contribution in [0, 0.1) is 0 Å². The van der Waals surface area contributed by atoms with Crippen molar-refractivity contribution in [1.82, 2.24) is 25.1 Å². The van der Waals surface area contributed by atoms with Crippen LogP contribution < -0.4 is 0 Å². The molecule has 2 rings (SSSR count). The second kappa shape index (κ2) is 6.93. The molecule has 0 bridgehead atoms. The standard InChI is InChI=1S/C12H17N5O4/c1-4-5-9-13-10(21-15-9)6-17-8(7-19-2)11(14-16-17)12(18)20-3/h4-7H2,1-3H3. The lowest BCUT2D eigenvalue weighted by molar-refractivity contribution is 0.0588. The number of ether oxygens (including phenoxy) is 2. The van der Waals surface area contributed by atoms with Gasteiger partial charge in [-0.1, -0.05) is 17.3 Å². The number of methoxy groups -OCH3 is 2. The van der Waals surface area contributed by atoms with E-state index < -0.39 is 5.97 Å². The fourth-order valence-electron chi connectivity index (χ4n) is 1.80. The molecule has 2 aromatic rings. The van der Waals surface area contributed by atoms with E-state index in [1.165, 1.54) is 18.9 Å². The molecule has 9 nitrogen and oxygen atoms in total. The molecule has 0 saturated heterocycles. The molecule has 0 fully saturated rings. The molecule has 0 atom stereocenters. The van der Waals surface area contributed by atoms with Crippen LogP contribution in [-0.2, 0) is 29.0 Å². The van der Waals surface area contributed by atoms with Crippen molar-refractivity contribution >= 4 is 5.97 Å². The summed E-state index contributed by atoms with van der Waals surface area (Å²) in [5.41, 5.74) is 0.618. The number of aromatic nitrogens is 5. The number of hydrogen-bond acceptors (Lipinski definition) is 8. The molecular weight excluding hydrogens is 278 g/mol. The van der Waals surface area contributed by atoms with E-state index in [4.69, 9.17) is 9.26 Å². The van der Waals surface area contributed by atoms with Crippen molar-refractivity contribution in [1.29, 1.82) is 0 Å². The molecule has 0 aromatic carbocycles. The Balaban J connectivity index is 2.22. The molecule has 0 aliphatic heterocycles. The predicted octanol–water partition coefficient (Wildman–Crippen LogP) is 0.595. The highest BCUT2D eigenvalue weighted by Crippen LogP contribution is 2.11. The Labute approximate surface area is 121 Å². The van der Waals surface area contributed by atoms with E-state index in [0.29, 0.717) is 17.4 Å². The lowest BCUT2D eigenvalue weighted by atomic mass is 10.3. The van der Waals surface area contributed by atoms with Crippen LogP contribution in [0.1, 0.15) is 41.2 Å². The van der Waals surface area contributed by atoms with E-state index >= 15 is 0 Å². The van der Waals surface area contributed by atoms with Crippen molar-refractivity contribution < 1.29 is 18.8 Å². The summed E-state index contributed by atoms with van der Waals surface area (Å²) < 4.78 is 16.4. The minimum absolute atomic E-state index is 0.118. The van der Waals surface area contributed by atoms with Crippen LogP contribution >= 0.6 is 0 Å². The molecule has 0 aliphatic rings. The number of aryl methyl sites for hydroxylation is 1. The van der Waals surface area contributed by atoms with Crippen LogP contribution in [0.4, 0.5) is 0 Å². The zero-order valence-corrected chi connectivity index (χ0v) is 12.2.